The van der Waals surface area contributed by atoms with Gasteiger partial charge in [0.2, 0.25) is 5.01 Å². The summed E-state index contributed by atoms with van der Waals surface area (Å²) >= 11 is 1.13. The standard InChI is InChI=1S/C22H18N4O4S/c1-2-29-22(28)20-23-16(14-31-20)13-30-21(27)18-24-19(15-9-5-3-6-10-15)26(25-18)17-11-7-4-8-12-17/h3-12,14H,2,13H2,1H3. The molecule has 2 aromatic carbocycles. The fraction of sp³-hybridized carbons (Fsp3) is 0.136. The summed E-state index contributed by atoms with van der Waals surface area (Å²) < 4.78 is 11.8. The van der Waals surface area contributed by atoms with Crippen molar-refractivity contribution in [2.75, 3.05) is 6.61 Å². The van der Waals surface area contributed by atoms with Crippen LogP contribution in [0, 0.1) is 0 Å². The molecule has 156 valence electrons. The molecule has 2 aromatic heterocycles. The van der Waals surface area contributed by atoms with E-state index >= 15 is 0 Å². The molecule has 2 heterocycles. The monoisotopic (exact) mass is 434 g/mol. The molecule has 0 spiro atoms. The van der Waals surface area contributed by atoms with Crippen LogP contribution in [0.3, 0.4) is 0 Å². The van der Waals surface area contributed by atoms with E-state index in [2.05, 4.69) is 15.1 Å². The van der Waals surface area contributed by atoms with E-state index in [1.165, 1.54) is 0 Å². The zero-order valence-corrected chi connectivity index (χ0v) is 17.4. The van der Waals surface area contributed by atoms with E-state index in [4.69, 9.17) is 9.47 Å². The predicted octanol–water partition coefficient (Wildman–Crippen LogP) is 3.92. The summed E-state index contributed by atoms with van der Waals surface area (Å²) in [5, 5.41) is 6.22. The van der Waals surface area contributed by atoms with Gasteiger partial charge in [0.15, 0.2) is 5.82 Å². The lowest BCUT2D eigenvalue weighted by molar-refractivity contribution is 0.0454. The summed E-state index contributed by atoms with van der Waals surface area (Å²) in [6.07, 6.45) is 0. The zero-order chi connectivity index (χ0) is 21.6. The summed E-state index contributed by atoms with van der Waals surface area (Å²) in [5.74, 6) is -0.723. The second kappa shape index (κ2) is 9.31. The van der Waals surface area contributed by atoms with Crippen molar-refractivity contribution in [3.8, 4) is 17.1 Å². The summed E-state index contributed by atoms with van der Waals surface area (Å²) in [5.41, 5.74) is 2.04. The van der Waals surface area contributed by atoms with Crippen molar-refractivity contribution >= 4 is 23.3 Å². The van der Waals surface area contributed by atoms with Gasteiger partial charge >= 0.3 is 11.9 Å². The number of esters is 2. The number of hydrogen-bond donors (Lipinski definition) is 0. The van der Waals surface area contributed by atoms with Crippen molar-refractivity contribution in [2.45, 2.75) is 13.5 Å². The van der Waals surface area contributed by atoms with Crippen molar-refractivity contribution < 1.29 is 19.1 Å². The number of hydrogen-bond acceptors (Lipinski definition) is 8. The van der Waals surface area contributed by atoms with E-state index in [9.17, 15) is 9.59 Å². The molecule has 9 heteroatoms. The van der Waals surface area contributed by atoms with Gasteiger partial charge in [0, 0.05) is 10.9 Å². The minimum absolute atomic E-state index is 0.0662. The van der Waals surface area contributed by atoms with Crippen molar-refractivity contribution in [2.24, 2.45) is 0 Å². The molecule has 0 fully saturated rings. The highest BCUT2D eigenvalue weighted by atomic mass is 32.1. The third-order valence-corrected chi connectivity index (χ3v) is 5.05. The maximum Gasteiger partial charge on any atom is 0.378 e. The van der Waals surface area contributed by atoms with Gasteiger partial charge in [0.25, 0.3) is 5.82 Å². The van der Waals surface area contributed by atoms with Crippen molar-refractivity contribution in [3.05, 3.63) is 82.6 Å². The Morgan fingerprint density at radius 2 is 1.65 bits per heavy atom. The van der Waals surface area contributed by atoms with Crippen LogP contribution in [-0.4, -0.2) is 38.3 Å². The van der Waals surface area contributed by atoms with Crippen LogP contribution < -0.4 is 0 Å². The SMILES string of the molecule is CCOC(=O)c1nc(COC(=O)c2nc(-c3ccccc3)n(-c3ccccc3)n2)cs1. The molecule has 0 aliphatic carbocycles. The first-order valence-corrected chi connectivity index (χ1v) is 10.4. The molecule has 0 aliphatic heterocycles. The molecule has 0 amide bonds. The molecule has 4 aromatic rings. The number of rotatable bonds is 7. The highest BCUT2D eigenvalue weighted by Gasteiger charge is 2.21. The number of para-hydroxylation sites is 1. The minimum Gasteiger partial charge on any atom is -0.461 e. The zero-order valence-electron chi connectivity index (χ0n) is 16.6. The van der Waals surface area contributed by atoms with Crippen molar-refractivity contribution in [3.63, 3.8) is 0 Å². The molecule has 0 saturated carbocycles. The maximum atomic E-state index is 12.6. The Balaban J connectivity index is 1.55. The molecule has 8 nitrogen and oxygen atoms in total. The first-order chi connectivity index (χ1) is 15.2. The molecular weight excluding hydrogens is 416 g/mol. The Labute approximate surface area is 182 Å². The van der Waals surface area contributed by atoms with E-state index in [-0.39, 0.29) is 24.0 Å². The lowest BCUT2D eigenvalue weighted by Crippen LogP contribution is -2.09. The van der Waals surface area contributed by atoms with Gasteiger partial charge in [-0.15, -0.1) is 16.4 Å². The molecule has 31 heavy (non-hydrogen) atoms. The highest BCUT2D eigenvalue weighted by molar-refractivity contribution is 7.11. The summed E-state index contributed by atoms with van der Waals surface area (Å²) in [7, 11) is 0. The van der Waals surface area contributed by atoms with E-state index in [0.29, 0.717) is 11.5 Å². The fourth-order valence-corrected chi connectivity index (χ4v) is 3.48. The van der Waals surface area contributed by atoms with Crippen molar-refractivity contribution in [1.29, 1.82) is 0 Å². The van der Waals surface area contributed by atoms with E-state index in [1.54, 1.807) is 17.0 Å². The van der Waals surface area contributed by atoms with Crippen LogP contribution in [0.1, 0.15) is 33.0 Å². The molecule has 0 unspecified atom stereocenters. The quantitative estimate of drug-likeness (QED) is 0.407. The first kappa shape index (κ1) is 20.4. The van der Waals surface area contributed by atoms with E-state index in [1.807, 2.05) is 60.7 Å². The Morgan fingerprint density at radius 3 is 2.35 bits per heavy atom. The van der Waals surface area contributed by atoms with Gasteiger partial charge in [-0.2, -0.15) is 0 Å². The topological polar surface area (TPSA) is 96.2 Å². The number of benzene rings is 2. The van der Waals surface area contributed by atoms with Gasteiger partial charge in [-0.05, 0) is 19.1 Å². The average Bonchev–Trinajstić information content (AvgIpc) is 3.47. The van der Waals surface area contributed by atoms with Crippen LogP contribution in [0.25, 0.3) is 17.1 Å². The molecule has 0 N–H and O–H groups in total. The van der Waals surface area contributed by atoms with E-state index < -0.39 is 11.9 Å². The highest BCUT2D eigenvalue weighted by Crippen LogP contribution is 2.21. The third-order valence-electron chi connectivity index (χ3n) is 4.18. The van der Waals surface area contributed by atoms with Crippen LogP contribution in [0.4, 0.5) is 0 Å². The third kappa shape index (κ3) is 4.67. The van der Waals surface area contributed by atoms with Crippen LogP contribution in [0.5, 0.6) is 0 Å². The van der Waals surface area contributed by atoms with Crippen LogP contribution in [-0.2, 0) is 16.1 Å². The fourth-order valence-electron chi connectivity index (χ4n) is 2.79. The summed E-state index contributed by atoms with van der Waals surface area (Å²) in [6, 6.07) is 18.9. The number of ether oxygens (including phenoxy) is 2. The molecule has 0 saturated heterocycles. The maximum absolute atomic E-state index is 12.6. The lowest BCUT2D eigenvalue weighted by Gasteiger charge is -2.05. The summed E-state index contributed by atoms with van der Waals surface area (Å²) in [6.45, 7) is 1.89. The largest absolute Gasteiger partial charge is 0.461 e. The molecule has 4 rings (SSSR count). The second-order valence-corrected chi connectivity index (χ2v) is 7.17. The number of thiazole rings is 1. The van der Waals surface area contributed by atoms with Gasteiger partial charge in [-0.25, -0.2) is 24.2 Å². The first-order valence-electron chi connectivity index (χ1n) is 9.52. The van der Waals surface area contributed by atoms with E-state index in [0.717, 1.165) is 22.6 Å². The van der Waals surface area contributed by atoms with Gasteiger partial charge in [-0.1, -0.05) is 48.5 Å². The van der Waals surface area contributed by atoms with Crippen LogP contribution in [0.15, 0.2) is 66.0 Å². The molecular formula is C22H18N4O4S. The Bertz CT molecular complexity index is 1130. The van der Waals surface area contributed by atoms with Gasteiger partial charge in [-0.3, -0.25) is 0 Å². The van der Waals surface area contributed by atoms with Crippen molar-refractivity contribution in [1.82, 2.24) is 19.7 Å². The molecule has 0 aliphatic rings. The number of carbonyl (C=O) groups is 2. The number of aromatic nitrogens is 4. The van der Waals surface area contributed by atoms with Crippen LogP contribution >= 0.6 is 11.3 Å². The van der Waals surface area contributed by atoms with Gasteiger partial charge < -0.3 is 9.47 Å². The lowest BCUT2D eigenvalue weighted by atomic mass is 10.2. The Kier molecular flexibility index (Phi) is 6.13. The normalized spacial score (nSPS) is 10.6. The van der Waals surface area contributed by atoms with Crippen LogP contribution in [0.2, 0.25) is 0 Å². The number of nitrogens with zero attached hydrogens (tertiary/aromatic N) is 4. The number of carbonyl (C=O) groups excluding carboxylic acids is 2. The predicted molar refractivity (Wildman–Crippen MR) is 114 cm³/mol. The molecule has 0 radical (unpaired) electrons. The Morgan fingerprint density at radius 1 is 0.935 bits per heavy atom. The molecule has 0 atom stereocenters. The second-order valence-electron chi connectivity index (χ2n) is 6.31. The van der Waals surface area contributed by atoms with Gasteiger partial charge in [0.05, 0.1) is 18.0 Å². The Hall–Kier alpha value is -3.85. The smallest absolute Gasteiger partial charge is 0.378 e. The summed E-state index contributed by atoms with van der Waals surface area (Å²) in [4.78, 5) is 32.9. The van der Waals surface area contributed by atoms with Gasteiger partial charge in [0.1, 0.15) is 6.61 Å². The molecule has 0 bridgehead atoms. The average molecular weight is 434 g/mol. The minimum atomic E-state index is -0.683.